The van der Waals surface area contributed by atoms with Crippen molar-refractivity contribution in [1.82, 2.24) is 0 Å². The number of rotatable bonds is 2. The van der Waals surface area contributed by atoms with Gasteiger partial charge in [0.2, 0.25) is 5.91 Å². The Morgan fingerprint density at radius 2 is 1.94 bits per heavy atom. The second kappa shape index (κ2) is 4.05. The van der Waals surface area contributed by atoms with Crippen LogP contribution in [0.4, 0.5) is 0 Å². The maximum Gasteiger partial charge on any atom is 0.326 e. The number of amides is 1. The molecule has 0 aliphatic heterocycles. The summed E-state index contributed by atoms with van der Waals surface area (Å²) in [5.74, 6) is -1.14. The van der Waals surface area contributed by atoms with Gasteiger partial charge in [0.05, 0.1) is 0 Å². The molecule has 1 saturated carbocycles. The highest BCUT2D eigenvalue weighted by Gasteiger charge is 2.46. The SMILES string of the molecule is CC(C)(C)OC(=O)C1(N)CCC(C(N)=O)C1. The van der Waals surface area contributed by atoms with E-state index < -0.39 is 23.0 Å². The third-order valence-electron chi connectivity index (χ3n) is 2.76. The lowest BCUT2D eigenvalue weighted by Gasteiger charge is -2.28. The maximum atomic E-state index is 11.9. The number of nitrogens with two attached hydrogens (primary N) is 2. The molecule has 5 heteroatoms. The molecule has 16 heavy (non-hydrogen) atoms. The lowest BCUT2D eigenvalue weighted by Crippen LogP contribution is -2.49. The fourth-order valence-electron chi connectivity index (χ4n) is 1.88. The Kier molecular flexibility index (Phi) is 3.28. The molecule has 1 rings (SSSR count). The molecule has 92 valence electrons. The fraction of sp³-hybridized carbons (Fsp3) is 0.818. The Balaban J connectivity index is 2.67. The van der Waals surface area contributed by atoms with Crippen LogP contribution in [-0.2, 0) is 14.3 Å². The van der Waals surface area contributed by atoms with Crippen LogP contribution in [0.1, 0.15) is 40.0 Å². The van der Waals surface area contributed by atoms with Crippen molar-refractivity contribution in [3.63, 3.8) is 0 Å². The molecule has 0 bridgehead atoms. The minimum atomic E-state index is -1.05. The molecule has 0 aromatic rings. The first kappa shape index (κ1) is 13.0. The first-order valence-corrected chi connectivity index (χ1v) is 5.46. The summed E-state index contributed by atoms with van der Waals surface area (Å²) in [7, 11) is 0. The fourth-order valence-corrected chi connectivity index (χ4v) is 1.88. The van der Waals surface area contributed by atoms with Crippen LogP contribution in [0.5, 0.6) is 0 Å². The van der Waals surface area contributed by atoms with E-state index in [0.29, 0.717) is 12.8 Å². The molecule has 0 aromatic heterocycles. The predicted molar refractivity (Wildman–Crippen MR) is 59.3 cm³/mol. The first-order valence-electron chi connectivity index (χ1n) is 5.46. The smallest absolute Gasteiger partial charge is 0.326 e. The lowest BCUT2D eigenvalue weighted by molar-refractivity contribution is -0.161. The van der Waals surface area contributed by atoms with Gasteiger partial charge in [-0.15, -0.1) is 0 Å². The molecule has 5 nitrogen and oxygen atoms in total. The van der Waals surface area contributed by atoms with E-state index in [1.807, 2.05) is 0 Å². The van der Waals surface area contributed by atoms with Gasteiger partial charge < -0.3 is 16.2 Å². The van der Waals surface area contributed by atoms with E-state index in [-0.39, 0.29) is 12.3 Å². The number of esters is 1. The molecule has 0 heterocycles. The van der Waals surface area contributed by atoms with Crippen LogP contribution in [0.25, 0.3) is 0 Å². The first-order chi connectivity index (χ1) is 7.14. The number of hydrogen-bond acceptors (Lipinski definition) is 4. The molecule has 1 aliphatic rings. The third-order valence-corrected chi connectivity index (χ3v) is 2.76. The molecule has 0 aromatic carbocycles. The molecule has 0 spiro atoms. The van der Waals surface area contributed by atoms with Gasteiger partial charge in [-0.2, -0.15) is 0 Å². The zero-order valence-electron chi connectivity index (χ0n) is 10.1. The van der Waals surface area contributed by atoms with Crippen LogP contribution in [0.15, 0.2) is 0 Å². The summed E-state index contributed by atoms with van der Waals surface area (Å²) < 4.78 is 5.24. The van der Waals surface area contributed by atoms with Crippen LogP contribution in [0.2, 0.25) is 0 Å². The van der Waals surface area contributed by atoms with Crippen molar-refractivity contribution in [2.75, 3.05) is 0 Å². The number of ether oxygens (including phenoxy) is 1. The molecule has 2 atom stereocenters. The Morgan fingerprint density at radius 1 is 1.38 bits per heavy atom. The summed E-state index contributed by atoms with van der Waals surface area (Å²) >= 11 is 0. The molecular formula is C11H20N2O3. The molecule has 4 N–H and O–H groups in total. The normalized spacial score (nSPS) is 30.1. The van der Waals surface area contributed by atoms with Crippen LogP contribution in [-0.4, -0.2) is 23.0 Å². The van der Waals surface area contributed by atoms with E-state index >= 15 is 0 Å². The van der Waals surface area contributed by atoms with Gasteiger partial charge in [-0.3, -0.25) is 9.59 Å². The van der Waals surface area contributed by atoms with Crippen LogP contribution < -0.4 is 11.5 Å². The zero-order valence-corrected chi connectivity index (χ0v) is 10.1. The largest absolute Gasteiger partial charge is 0.459 e. The summed E-state index contributed by atoms with van der Waals surface area (Å²) in [5, 5.41) is 0. The monoisotopic (exact) mass is 228 g/mol. The molecule has 2 unspecified atom stereocenters. The molecule has 0 radical (unpaired) electrons. The van der Waals surface area contributed by atoms with Crippen molar-refractivity contribution < 1.29 is 14.3 Å². The predicted octanol–water partition coefficient (Wildman–Crippen LogP) is 0.311. The van der Waals surface area contributed by atoms with Gasteiger partial charge in [0.15, 0.2) is 0 Å². The standard InChI is InChI=1S/C11H20N2O3/c1-10(2,3)16-9(15)11(13)5-4-7(6-11)8(12)14/h7H,4-6,13H2,1-3H3,(H2,12,14). The molecule has 1 fully saturated rings. The average molecular weight is 228 g/mol. The molecule has 1 amide bonds. The Labute approximate surface area is 95.5 Å². The summed E-state index contributed by atoms with van der Waals surface area (Å²) in [5.41, 5.74) is 9.55. The molecular weight excluding hydrogens is 208 g/mol. The summed E-state index contributed by atoms with van der Waals surface area (Å²) in [6, 6.07) is 0. The van der Waals surface area contributed by atoms with Gasteiger partial charge in [0, 0.05) is 5.92 Å². The topological polar surface area (TPSA) is 95.4 Å². The van der Waals surface area contributed by atoms with E-state index in [1.54, 1.807) is 20.8 Å². The van der Waals surface area contributed by atoms with Crippen LogP contribution >= 0.6 is 0 Å². The minimum Gasteiger partial charge on any atom is -0.459 e. The highest BCUT2D eigenvalue weighted by atomic mass is 16.6. The molecule has 1 aliphatic carbocycles. The highest BCUT2D eigenvalue weighted by molar-refractivity contribution is 5.84. The van der Waals surface area contributed by atoms with Gasteiger partial charge in [-0.25, -0.2) is 0 Å². The summed E-state index contributed by atoms with van der Waals surface area (Å²) in [6.45, 7) is 5.36. The number of carbonyl (C=O) groups excluding carboxylic acids is 2. The number of primary amides is 1. The van der Waals surface area contributed by atoms with Gasteiger partial charge in [0.1, 0.15) is 11.1 Å². The van der Waals surface area contributed by atoms with Gasteiger partial charge in [-0.05, 0) is 40.0 Å². The van der Waals surface area contributed by atoms with Crippen LogP contribution in [0.3, 0.4) is 0 Å². The zero-order chi connectivity index (χ0) is 12.6. The van der Waals surface area contributed by atoms with Crippen molar-refractivity contribution >= 4 is 11.9 Å². The lowest BCUT2D eigenvalue weighted by atomic mass is 9.97. The second-order valence-electron chi connectivity index (χ2n) is 5.50. The van der Waals surface area contributed by atoms with E-state index in [2.05, 4.69) is 0 Å². The number of carbonyl (C=O) groups is 2. The van der Waals surface area contributed by atoms with Gasteiger partial charge in [0.25, 0.3) is 0 Å². The van der Waals surface area contributed by atoms with Crippen molar-refractivity contribution in [3.8, 4) is 0 Å². The Hall–Kier alpha value is -1.10. The summed E-state index contributed by atoms with van der Waals surface area (Å²) in [4.78, 5) is 22.9. The third kappa shape index (κ3) is 2.95. The maximum absolute atomic E-state index is 11.9. The van der Waals surface area contributed by atoms with Crippen molar-refractivity contribution in [3.05, 3.63) is 0 Å². The van der Waals surface area contributed by atoms with Gasteiger partial charge >= 0.3 is 5.97 Å². The quantitative estimate of drug-likeness (QED) is 0.665. The van der Waals surface area contributed by atoms with E-state index in [4.69, 9.17) is 16.2 Å². The van der Waals surface area contributed by atoms with E-state index in [9.17, 15) is 9.59 Å². The average Bonchev–Trinajstić information content (AvgIpc) is 2.46. The van der Waals surface area contributed by atoms with Crippen molar-refractivity contribution in [2.45, 2.75) is 51.2 Å². The Bertz CT molecular complexity index is 309. The van der Waals surface area contributed by atoms with Crippen LogP contribution in [0, 0.1) is 5.92 Å². The van der Waals surface area contributed by atoms with E-state index in [0.717, 1.165) is 0 Å². The Morgan fingerprint density at radius 3 is 2.31 bits per heavy atom. The van der Waals surface area contributed by atoms with Crippen molar-refractivity contribution in [1.29, 1.82) is 0 Å². The second-order valence-corrected chi connectivity index (χ2v) is 5.50. The minimum absolute atomic E-state index is 0.289. The van der Waals surface area contributed by atoms with Gasteiger partial charge in [-0.1, -0.05) is 0 Å². The van der Waals surface area contributed by atoms with Crippen molar-refractivity contribution in [2.24, 2.45) is 17.4 Å². The number of hydrogen-bond donors (Lipinski definition) is 2. The van der Waals surface area contributed by atoms with E-state index in [1.165, 1.54) is 0 Å². The molecule has 0 saturated heterocycles. The highest BCUT2D eigenvalue weighted by Crippen LogP contribution is 2.34. The summed E-state index contributed by atoms with van der Waals surface area (Å²) in [6.07, 6.45) is 1.30.